The smallest absolute Gasteiger partial charge is 0.253 e. The Morgan fingerprint density at radius 2 is 1.68 bits per heavy atom. The third-order valence-electron chi connectivity index (χ3n) is 5.75. The van der Waals surface area contributed by atoms with Crippen LogP contribution in [0.15, 0.2) is 53.0 Å². The van der Waals surface area contributed by atoms with Crippen LogP contribution in [0.3, 0.4) is 0 Å². The van der Waals surface area contributed by atoms with Gasteiger partial charge in [-0.2, -0.15) is 5.10 Å². The summed E-state index contributed by atoms with van der Waals surface area (Å²) in [5.74, 6) is -0.152. The quantitative estimate of drug-likeness (QED) is 0.538. The summed E-state index contributed by atoms with van der Waals surface area (Å²) in [4.78, 5) is 17.2. The first kappa shape index (κ1) is 21.7. The molecule has 162 valence electrons. The molecule has 4 rings (SSSR count). The monoisotopic (exact) mass is 484 g/mol. The molecule has 1 amide bonds. The zero-order valence-electron chi connectivity index (χ0n) is 17.8. The molecule has 1 aliphatic rings. The first-order valence-electron chi connectivity index (χ1n) is 10.5. The fourth-order valence-electron chi connectivity index (χ4n) is 3.99. The highest BCUT2D eigenvalue weighted by atomic mass is 79.9. The van der Waals surface area contributed by atoms with Gasteiger partial charge in [0.05, 0.1) is 22.4 Å². The molecule has 1 aliphatic heterocycles. The largest absolute Gasteiger partial charge is 0.336 e. The van der Waals surface area contributed by atoms with Crippen LogP contribution in [0, 0.1) is 19.7 Å². The molecule has 1 fully saturated rings. The van der Waals surface area contributed by atoms with Crippen LogP contribution in [0.1, 0.15) is 32.9 Å². The van der Waals surface area contributed by atoms with Crippen LogP contribution >= 0.6 is 15.9 Å². The molecule has 2 heterocycles. The van der Waals surface area contributed by atoms with Crippen molar-refractivity contribution in [1.82, 2.24) is 19.6 Å². The molecule has 0 N–H and O–H groups in total. The van der Waals surface area contributed by atoms with Crippen LogP contribution in [-0.4, -0.2) is 51.7 Å². The van der Waals surface area contributed by atoms with Gasteiger partial charge in [0.2, 0.25) is 0 Å². The molecular weight excluding hydrogens is 459 g/mol. The summed E-state index contributed by atoms with van der Waals surface area (Å²) in [5.41, 5.74) is 4.75. The van der Waals surface area contributed by atoms with Gasteiger partial charge < -0.3 is 4.90 Å². The Bertz CT molecular complexity index is 1090. The molecule has 0 bridgehead atoms. The van der Waals surface area contributed by atoms with E-state index in [1.54, 1.807) is 12.1 Å². The van der Waals surface area contributed by atoms with Gasteiger partial charge in [-0.3, -0.25) is 14.4 Å². The summed E-state index contributed by atoms with van der Waals surface area (Å²) >= 11 is 3.57. The maximum absolute atomic E-state index is 13.4. The van der Waals surface area contributed by atoms with Crippen LogP contribution in [0.25, 0.3) is 0 Å². The summed E-state index contributed by atoms with van der Waals surface area (Å²) in [6.07, 6.45) is 0. The van der Waals surface area contributed by atoms with Gasteiger partial charge in [0.15, 0.2) is 0 Å². The van der Waals surface area contributed by atoms with Crippen LogP contribution in [0.2, 0.25) is 0 Å². The molecule has 0 atom stereocenters. The second kappa shape index (κ2) is 9.32. The SMILES string of the molecule is Cc1nn(Cc2cccc(C(=O)N3CCN(Cc4cccc(F)c4)CC3)c2)c(C)c1Br. The second-order valence-corrected chi connectivity index (χ2v) is 8.83. The topological polar surface area (TPSA) is 41.4 Å². The number of halogens is 2. The van der Waals surface area contributed by atoms with E-state index in [9.17, 15) is 9.18 Å². The van der Waals surface area contributed by atoms with Crippen molar-refractivity contribution in [2.45, 2.75) is 26.9 Å². The standard InChI is InChI=1S/C24H26BrFN4O/c1-17-23(25)18(2)30(27-17)16-19-5-3-7-21(13-19)24(31)29-11-9-28(10-12-29)15-20-6-4-8-22(26)14-20/h3-8,13-14H,9-12,15-16H2,1-2H3. The number of aromatic nitrogens is 2. The number of hydrogen-bond donors (Lipinski definition) is 0. The summed E-state index contributed by atoms with van der Waals surface area (Å²) in [7, 11) is 0. The lowest BCUT2D eigenvalue weighted by atomic mass is 10.1. The maximum Gasteiger partial charge on any atom is 0.253 e. The summed E-state index contributed by atoms with van der Waals surface area (Å²) in [5, 5.41) is 4.56. The molecule has 0 unspecified atom stereocenters. The molecule has 2 aromatic carbocycles. The van der Waals surface area contributed by atoms with E-state index in [-0.39, 0.29) is 11.7 Å². The number of rotatable bonds is 5. The van der Waals surface area contributed by atoms with Gasteiger partial charge in [0.25, 0.3) is 5.91 Å². The number of carbonyl (C=O) groups is 1. The number of piperazine rings is 1. The number of amides is 1. The van der Waals surface area contributed by atoms with E-state index in [0.29, 0.717) is 31.7 Å². The highest BCUT2D eigenvalue weighted by Gasteiger charge is 2.22. The number of aryl methyl sites for hydroxylation is 1. The molecule has 0 saturated carbocycles. The number of nitrogens with zero attached hydrogens (tertiary/aromatic N) is 4. The Kier molecular flexibility index (Phi) is 6.53. The van der Waals surface area contributed by atoms with Crippen LogP contribution in [0.5, 0.6) is 0 Å². The van der Waals surface area contributed by atoms with Crippen molar-refractivity contribution >= 4 is 21.8 Å². The van der Waals surface area contributed by atoms with Crippen LogP contribution in [-0.2, 0) is 13.1 Å². The van der Waals surface area contributed by atoms with Gasteiger partial charge in [0, 0.05) is 38.3 Å². The lowest BCUT2D eigenvalue weighted by Crippen LogP contribution is -2.48. The van der Waals surface area contributed by atoms with Crippen LogP contribution < -0.4 is 0 Å². The predicted octanol–water partition coefficient (Wildman–Crippen LogP) is 4.41. The lowest BCUT2D eigenvalue weighted by Gasteiger charge is -2.34. The Labute approximate surface area is 190 Å². The minimum Gasteiger partial charge on any atom is -0.336 e. The van der Waals surface area contributed by atoms with E-state index in [2.05, 4.69) is 25.9 Å². The first-order chi connectivity index (χ1) is 14.9. The number of carbonyl (C=O) groups excluding carboxylic acids is 1. The maximum atomic E-state index is 13.4. The Morgan fingerprint density at radius 1 is 1.00 bits per heavy atom. The summed E-state index contributed by atoms with van der Waals surface area (Å²) in [6, 6.07) is 14.5. The van der Waals surface area contributed by atoms with Crippen molar-refractivity contribution in [3.63, 3.8) is 0 Å². The zero-order chi connectivity index (χ0) is 22.0. The van der Waals surface area contributed by atoms with Gasteiger partial charge in [-0.15, -0.1) is 0 Å². The van der Waals surface area contributed by atoms with E-state index in [4.69, 9.17) is 0 Å². The van der Waals surface area contributed by atoms with Gasteiger partial charge in [-0.05, 0) is 65.2 Å². The van der Waals surface area contributed by atoms with E-state index in [1.165, 1.54) is 6.07 Å². The van der Waals surface area contributed by atoms with Crippen molar-refractivity contribution < 1.29 is 9.18 Å². The van der Waals surface area contributed by atoms with Crippen molar-refractivity contribution in [1.29, 1.82) is 0 Å². The Morgan fingerprint density at radius 3 is 2.32 bits per heavy atom. The molecule has 1 saturated heterocycles. The highest BCUT2D eigenvalue weighted by molar-refractivity contribution is 9.10. The number of benzene rings is 2. The molecule has 0 spiro atoms. The van der Waals surface area contributed by atoms with Gasteiger partial charge in [0.1, 0.15) is 5.82 Å². The average molecular weight is 485 g/mol. The fraction of sp³-hybridized carbons (Fsp3) is 0.333. The van der Waals surface area contributed by atoms with E-state index in [1.807, 2.05) is 53.8 Å². The van der Waals surface area contributed by atoms with Crippen molar-refractivity contribution in [2.24, 2.45) is 0 Å². The molecule has 5 nitrogen and oxygen atoms in total. The average Bonchev–Trinajstić information content (AvgIpc) is 3.00. The van der Waals surface area contributed by atoms with E-state index in [0.717, 1.165) is 40.1 Å². The molecule has 3 aromatic rings. The molecule has 0 aliphatic carbocycles. The third-order valence-corrected chi connectivity index (χ3v) is 6.90. The second-order valence-electron chi connectivity index (χ2n) is 8.04. The molecule has 7 heteroatoms. The Hall–Kier alpha value is -2.51. The minimum absolute atomic E-state index is 0.0572. The minimum atomic E-state index is -0.209. The predicted molar refractivity (Wildman–Crippen MR) is 123 cm³/mol. The van der Waals surface area contributed by atoms with Crippen molar-refractivity contribution in [2.75, 3.05) is 26.2 Å². The van der Waals surface area contributed by atoms with Crippen molar-refractivity contribution in [3.8, 4) is 0 Å². The zero-order valence-corrected chi connectivity index (χ0v) is 19.4. The summed E-state index contributed by atoms with van der Waals surface area (Å²) < 4.78 is 16.4. The van der Waals surface area contributed by atoms with Crippen molar-refractivity contribution in [3.05, 3.63) is 86.9 Å². The highest BCUT2D eigenvalue weighted by Crippen LogP contribution is 2.21. The first-order valence-corrected chi connectivity index (χ1v) is 11.2. The van der Waals surface area contributed by atoms with E-state index >= 15 is 0 Å². The van der Waals surface area contributed by atoms with Gasteiger partial charge in [-0.25, -0.2) is 4.39 Å². The molecule has 31 heavy (non-hydrogen) atoms. The normalized spacial score (nSPS) is 14.8. The molecular formula is C24H26BrFN4O. The summed E-state index contributed by atoms with van der Waals surface area (Å²) in [6.45, 7) is 8.23. The fourth-order valence-corrected chi connectivity index (χ4v) is 4.27. The molecule has 0 radical (unpaired) electrons. The van der Waals surface area contributed by atoms with Crippen LogP contribution in [0.4, 0.5) is 4.39 Å². The Balaban J connectivity index is 1.37. The van der Waals surface area contributed by atoms with Gasteiger partial charge >= 0.3 is 0 Å². The van der Waals surface area contributed by atoms with Gasteiger partial charge in [-0.1, -0.05) is 24.3 Å². The molecule has 1 aromatic heterocycles. The lowest BCUT2D eigenvalue weighted by molar-refractivity contribution is 0.0628. The van der Waals surface area contributed by atoms with E-state index < -0.39 is 0 Å². The number of hydrogen-bond acceptors (Lipinski definition) is 3. The third kappa shape index (κ3) is 5.05.